The molecule has 0 saturated carbocycles. The van der Waals surface area contributed by atoms with Gasteiger partial charge in [-0.1, -0.05) is 19.9 Å². The molecule has 1 aliphatic rings. The fourth-order valence-electron chi connectivity index (χ4n) is 1.98. The Morgan fingerprint density at radius 2 is 2.36 bits per heavy atom. The van der Waals surface area contributed by atoms with Crippen LogP contribution >= 0.6 is 0 Å². The molecule has 0 amide bonds. The van der Waals surface area contributed by atoms with Crippen molar-refractivity contribution < 1.29 is 8.95 Å². The van der Waals surface area contributed by atoms with Crippen molar-refractivity contribution in [1.29, 1.82) is 0 Å². The molecular formula is C11H20O2S. The fourth-order valence-corrected chi connectivity index (χ4v) is 3.76. The van der Waals surface area contributed by atoms with Gasteiger partial charge < -0.3 is 4.74 Å². The second-order valence-corrected chi connectivity index (χ2v) is 5.65. The van der Waals surface area contributed by atoms with E-state index in [4.69, 9.17) is 4.74 Å². The second-order valence-electron chi connectivity index (χ2n) is 4.08. The summed E-state index contributed by atoms with van der Waals surface area (Å²) in [5.41, 5.74) is 0.134. The minimum atomic E-state index is -0.645. The van der Waals surface area contributed by atoms with Gasteiger partial charge in [0.2, 0.25) is 0 Å². The molecule has 2 nitrogen and oxygen atoms in total. The largest absolute Gasteiger partial charge is 0.501 e. The van der Waals surface area contributed by atoms with E-state index in [1.807, 2.05) is 0 Å². The van der Waals surface area contributed by atoms with Gasteiger partial charge in [0.05, 0.1) is 12.9 Å². The molecule has 1 aliphatic heterocycles. The summed E-state index contributed by atoms with van der Waals surface area (Å²) in [7, 11) is -0.645. The summed E-state index contributed by atoms with van der Waals surface area (Å²) in [6, 6.07) is 0. The lowest BCUT2D eigenvalue weighted by Gasteiger charge is -2.29. The third-order valence-electron chi connectivity index (χ3n) is 3.05. The lowest BCUT2D eigenvalue weighted by atomic mass is 9.83. The molecule has 0 radical (unpaired) electrons. The summed E-state index contributed by atoms with van der Waals surface area (Å²) < 4.78 is 17.0. The highest BCUT2D eigenvalue weighted by molar-refractivity contribution is 7.85. The Morgan fingerprint density at radius 1 is 1.57 bits per heavy atom. The molecule has 0 aromatic heterocycles. The van der Waals surface area contributed by atoms with Gasteiger partial charge >= 0.3 is 0 Å². The van der Waals surface area contributed by atoms with Gasteiger partial charge in [-0.2, -0.15) is 0 Å². The van der Waals surface area contributed by atoms with E-state index in [-0.39, 0.29) is 5.41 Å². The Hall–Kier alpha value is -0.310. The minimum Gasteiger partial charge on any atom is -0.501 e. The predicted molar refractivity (Wildman–Crippen MR) is 60.6 cm³/mol. The Balaban J connectivity index is 2.63. The van der Waals surface area contributed by atoms with Gasteiger partial charge in [0, 0.05) is 27.7 Å². The standard InChI is InChI=1S/C11H20O2S/c1-3-11(9-13-4-2)7-5-6-8-14(12)10-11/h4H,2-3,5-10H2,1H3. The zero-order valence-electron chi connectivity index (χ0n) is 8.96. The van der Waals surface area contributed by atoms with Gasteiger partial charge in [0.1, 0.15) is 0 Å². The molecule has 1 fully saturated rings. The van der Waals surface area contributed by atoms with Crippen molar-refractivity contribution in [1.82, 2.24) is 0 Å². The van der Waals surface area contributed by atoms with Crippen molar-refractivity contribution >= 4 is 10.8 Å². The first-order valence-corrected chi connectivity index (χ1v) is 6.79. The number of hydrogen-bond acceptors (Lipinski definition) is 2. The second kappa shape index (κ2) is 5.54. The molecule has 1 rings (SSSR count). The van der Waals surface area contributed by atoms with Gasteiger partial charge in [-0.3, -0.25) is 4.21 Å². The van der Waals surface area contributed by atoms with Crippen LogP contribution < -0.4 is 0 Å². The summed E-state index contributed by atoms with van der Waals surface area (Å²) in [5.74, 6) is 1.67. The topological polar surface area (TPSA) is 26.3 Å². The molecule has 2 unspecified atom stereocenters. The Morgan fingerprint density at radius 3 is 3.00 bits per heavy atom. The van der Waals surface area contributed by atoms with Crippen LogP contribution in [0.4, 0.5) is 0 Å². The lowest BCUT2D eigenvalue weighted by molar-refractivity contribution is 0.113. The molecule has 0 spiro atoms. The highest BCUT2D eigenvalue weighted by Crippen LogP contribution is 2.33. The zero-order chi connectivity index (χ0) is 10.4. The molecule has 1 saturated heterocycles. The zero-order valence-corrected chi connectivity index (χ0v) is 9.78. The maximum atomic E-state index is 11.7. The van der Waals surface area contributed by atoms with Crippen LogP contribution in [0, 0.1) is 5.41 Å². The minimum absolute atomic E-state index is 0.134. The first kappa shape index (κ1) is 11.8. The van der Waals surface area contributed by atoms with E-state index < -0.39 is 10.8 Å². The van der Waals surface area contributed by atoms with Crippen molar-refractivity contribution in [2.24, 2.45) is 5.41 Å². The lowest BCUT2D eigenvalue weighted by Crippen LogP contribution is -2.31. The molecule has 0 bridgehead atoms. The van der Waals surface area contributed by atoms with E-state index >= 15 is 0 Å². The Labute approximate surface area is 89.2 Å². The van der Waals surface area contributed by atoms with E-state index in [0.717, 1.165) is 30.8 Å². The predicted octanol–water partition coefficient (Wildman–Crippen LogP) is 2.48. The maximum Gasteiger partial charge on any atom is 0.0937 e. The molecule has 82 valence electrons. The number of hydrogen-bond donors (Lipinski definition) is 0. The Kier molecular flexibility index (Phi) is 4.66. The Bertz CT molecular complexity index is 215. The first-order valence-electron chi connectivity index (χ1n) is 5.30. The summed E-state index contributed by atoms with van der Waals surface area (Å²) in [5, 5.41) is 0. The van der Waals surface area contributed by atoms with E-state index in [0.29, 0.717) is 6.61 Å². The molecular weight excluding hydrogens is 196 g/mol. The van der Waals surface area contributed by atoms with Crippen LogP contribution in [0.1, 0.15) is 32.6 Å². The highest BCUT2D eigenvalue weighted by Gasteiger charge is 2.32. The monoisotopic (exact) mass is 216 g/mol. The van der Waals surface area contributed by atoms with Gasteiger partial charge in [-0.05, 0) is 19.3 Å². The molecule has 0 aliphatic carbocycles. The number of rotatable bonds is 4. The van der Waals surface area contributed by atoms with Crippen LogP contribution in [0.15, 0.2) is 12.8 Å². The number of ether oxygens (including phenoxy) is 1. The molecule has 0 aromatic rings. The van der Waals surface area contributed by atoms with Crippen LogP contribution in [0.25, 0.3) is 0 Å². The van der Waals surface area contributed by atoms with Crippen molar-refractivity contribution in [3.63, 3.8) is 0 Å². The summed E-state index contributed by atoms with van der Waals surface area (Å²) >= 11 is 0. The van der Waals surface area contributed by atoms with Gasteiger partial charge in [-0.15, -0.1) is 0 Å². The molecule has 14 heavy (non-hydrogen) atoms. The van der Waals surface area contributed by atoms with Crippen molar-refractivity contribution in [2.45, 2.75) is 32.6 Å². The third kappa shape index (κ3) is 3.12. The highest BCUT2D eigenvalue weighted by atomic mass is 32.2. The molecule has 0 N–H and O–H groups in total. The SMILES string of the molecule is C=COCC1(CC)CCCCS(=O)C1. The summed E-state index contributed by atoms with van der Waals surface area (Å²) in [4.78, 5) is 0. The molecule has 0 aromatic carbocycles. The van der Waals surface area contributed by atoms with Crippen LogP contribution in [-0.2, 0) is 15.5 Å². The summed E-state index contributed by atoms with van der Waals surface area (Å²) in [6.07, 6.45) is 5.96. The normalized spacial score (nSPS) is 33.4. The van der Waals surface area contributed by atoms with Gasteiger partial charge in [-0.25, -0.2) is 0 Å². The van der Waals surface area contributed by atoms with Crippen LogP contribution in [0.5, 0.6) is 0 Å². The smallest absolute Gasteiger partial charge is 0.0937 e. The van der Waals surface area contributed by atoms with E-state index in [9.17, 15) is 4.21 Å². The quantitative estimate of drug-likeness (QED) is 0.675. The van der Waals surface area contributed by atoms with Crippen LogP contribution in [0.3, 0.4) is 0 Å². The molecule has 2 atom stereocenters. The van der Waals surface area contributed by atoms with Crippen molar-refractivity contribution in [3.05, 3.63) is 12.8 Å². The van der Waals surface area contributed by atoms with E-state index in [2.05, 4.69) is 13.5 Å². The first-order chi connectivity index (χ1) is 6.72. The van der Waals surface area contributed by atoms with E-state index in [1.54, 1.807) is 0 Å². The van der Waals surface area contributed by atoms with Crippen molar-refractivity contribution in [3.8, 4) is 0 Å². The van der Waals surface area contributed by atoms with Gasteiger partial charge in [0.15, 0.2) is 0 Å². The average molecular weight is 216 g/mol. The van der Waals surface area contributed by atoms with Crippen LogP contribution in [0.2, 0.25) is 0 Å². The average Bonchev–Trinajstić information content (AvgIpc) is 2.38. The molecule has 3 heteroatoms. The van der Waals surface area contributed by atoms with Crippen LogP contribution in [-0.4, -0.2) is 22.3 Å². The fraction of sp³-hybridized carbons (Fsp3) is 0.818. The third-order valence-corrected chi connectivity index (χ3v) is 4.73. The van der Waals surface area contributed by atoms with E-state index in [1.165, 1.54) is 12.7 Å². The van der Waals surface area contributed by atoms with Crippen molar-refractivity contribution in [2.75, 3.05) is 18.1 Å². The summed E-state index contributed by atoms with van der Waals surface area (Å²) in [6.45, 7) is 6.40. The molecule has 1 heterocycles. The maximum absolute atomic E-state index is 11.7. The van der Waals surface area contributed by atoms with Gasteiger partial charge in [0.25, 0.3) is 0 Å².